The average molecular weight is 345 g/mol. The fraction of sp³-hybridized carbons (Fsp3) is 0.250. The number of nitrogen functional groups attached to an aromatic ring is 2. The summed E-state index contributed by atoms with van der Waals surface area (Å²) in [5, 5.41) is 0. The molecule has 0 amide bonds. The molecule has 0 heterocycles. The summed E-state index contributed by atoms with van der Waals surface area (Å²) in [5.41, 5.74) is 26.1. The zero-order valence-corrected chi connectivity index (χ0v) is 16.6. The Bertz CT molecular complexity index is 884. The quantitative estimate of drug-likeness (QED) is 0.557. The lowest BCUT2D eigenvalue weighted by Gasteiger charge is -2.16. The molecular formula is C24H28N2. The smallest absolute Gasteiger partial charge is 0.0373 e. The Hall–Kier alpha value is -2.74. The Morgan fingerprint density at radius 3 is 0.962 bits per heavy atom. The van der Waals surface area contributed by atoms with Gasteiger partial charge in [0.2, 0.25) is 0 Å². The van der Waals surface area contributed by atoms with Crippen molar-refractivity contribution in [2.24, 2.45) is 0 Å². The van der Waals surface area contributed by atoms with Crippen LogP contribution in [-0.4, -0.2) is 0 Å². The lowest BCUT2D eigenvalue weighted by molar-refractivity contribution is 1.34. The molecule has 0 saturated heterocycles. The van der Waals surface area contributed by atoms with Crippen LogP contribution in [0.3, 0.4) is 0 Å². The summed E-state index contributed by atoms with van der Waals surface area (Å²) < 4.78 is 0. The second kappa shape index (κ2) is 6.53. The highest BCUT2D eigenvalue weighted by Crippen LogP contribution is 2.35. The van der Waals surface area contributed by atoms with E-state index in [0.29, 0.717) is 0 Å². The molecule has 0 aromatic heterocycles. The molecule has 0 saturated carbocycles. The van der Waals surface area contributed by atoms with Gasteiger partial charge in [-0.25, -0.2) is 0 Å². The summed E-state index contributed by atoms with van der Waals surface area (Å²) in [5.74, 6) is 0. The van der Waals surface area contributed by atoms with Gasteiger partial charge in [-0.15, -0.1) is 0 Å². The maximum absolute atomic E-state index is 6.13. The van der Waals surface area contributed by atoms with Crippen LogP contribution in [0.2, 0.25) is 0 Å². The Morgan fingerprint density at radius 1 is 0.423 bits per heavy atom. The van der Waals surface area contributed by atoms with E-state index in [9.17, 15) is 0 Å². The third-order valence-corrected chi connectivity index (χ3v) is 5.38. The molecule has 0 radical (unpaired) electrons. The largest absolute Gasteiger partial charge is 0.398 e. The average Bonchev–Trinajstić information content (AvgIpc) is 2.58. The van der Waals surface area contributed by atoms with Crippen molar-refractivity contribution in [3.63, 3.8) is 0 Å². The summed E-state index contributed by atoms with van der Waals surface area (Å²) in [4.78, 5) is 0. The van der Waals surface area contributed by atoms with Crippen LogP contribution in [0.5, 0.6) is 0 Å². The zero-order chi connectivity index (χ0) is 19.2. The van der Waals surface area contributed by atoms with Gasteiger partial charge < -0.3 is 11.5 Å². The van der Waals surface area contributed by atoms with Gasteiger partial charge in [0, 0.05) is 11.4 Å². The standard InChI is InChI=1S/C24H28N2/c1-13-11-22(20-9-17(5)24(26)18(6)10-20)14(2)12-21(13)19-7-15(3)23(25)16(4)8-19/h7-12H,25-26H2,1-6H3. The van der Waals surface area contributed by atoms with Gasteiger partial charge in [0.1, 0.15) is 0 Å². The van der Waals surface area contributed by atoms with Crippen LogP contribution in [0.1, 0.15) is 33.4 Å². The predicted molar refractivity (Wildman–Crippen MR) is 115 cm³/mol. The maximum Gasteiger partial charge on any atom is 0.0373 e. The minimum absolute atomic E-state index is 0.882. The number of hydrogen-bond donors (Lipinski definition) is 2. The van der Waals surface area contributed by atoms with Crippen molar-refractivity contribution in [3.05, 3.63) is 69.8 Å². The monoisotopic (exact) mass is 344 g/mol. The van der Waals surface area contributed by atoms with Crippen molar-refractivity contribution in [2.75, 3.05) is 11.5 Å². The van der Waals surface area contributed by atoms with Crippen LogP contribution < -0.4 is 11.5 Å². The first-order valence-corrected chi connectivity index (χ1v) is 9.04. The molecule has 3 rings (SSSR count). The van der Waals surface area contributed by atoms with Gasteiger partial charge in [-0.05, 0) is 121 Å². The van der Waals surface area contributed by atoms with Gasteiger partial charge in [0.15, 0.2) is 0 Å². The molecule has 0 aliphatic heterocycles. The van der Waals surface area contributed by atoms with E-state index in [1.165, 1.54) is 33.4 Å². The molecule has 2 nitrogen and oxygen atoms in total. The second-order valence-corrected chi connectivity index (χ2v) is 7.53. The third kappa shape index (κ3) is 3.08. The Balaban J connectivity index is 2.16. The van der Waals surface area contributed by atoms with Crippen LogP contribution in [0.25, 0.3) is 22.3 Å². The molecular weight excluding hydrogens is 316 g/mol. The van der Waals surface area contributed by atoms with Crippen molar-refractivity contribution < 1.29 is 0 Å². The van der Waals surface area contributed by atoms with Gasteiger partial charge >= 0.3 is 0 Å². The number of aryl methyl sites for hydroxylation is 6. The molecule has 26 heavy (non-hydrogen) atoms. The van der Waals surface area contributed by atoms with Crippen molar-refractivity contribution in [1.29, 1.82) is 0 Å². The summed E-state index contributed by atoms with van der Waals surface area (Å²) in [6, 6.07) is 13.3. The molecule has 0 aliphatic rings. The fourth-order valence-corrected chi connectivity index (χ4v) is 3.70. The highest BCUT2D eigenvalue weighted by molar-refractivity contribution is 5.79. The minimum Gasteiger partial charge on any atom is -0.398 e. The lowest BCUT2D eigenvalue weighted by atomic mass is 9.89. The molecule has 0 spiro atoms. The van der Waals surface area contributed by atoms with Gasteiger partial charge in [-0.3, -0.25) is 0 Å². The van der Waals surface area contributed by atoms with E-state index >= 15 is 0 Å². The molecule has 0 unspecified atom stereocenters. The molecule has 0 atom stereocenters. The second-order valence-electron chi connectivity index (χ2n) is 7.53. The van der Waals surface area contributed by atoms with Crippen molar-refractivity contribution >= 4 is 11.4 Å². The van der Waals surface area contributed by atoms with Crippen LogP contribution in [0, 0.1) is 41.5 Å². The third-order valence-electron chi connectivity index (χ3n) is 5.38. The van der Waals surface area contributed by atoms with Gasteiger partial charge in [-0.1, -0.05) is 12.1 Å². The van der Waals surface area contributed by atoms with Crippen molar-refractivity contribution in [1.82, 2.24) is 0 Å². The number of hydrogen-bond acceptors (Lipinski definition) is 2. The van der Waals surface area contributed by atoms with E-state index in [4.69, 9.17) is 11.5 Å². The number of nitrogens with two attached hydrogens (primary N) is 2. The van der Waals surface area contributed by atoms with Crippen LogP contribution in [-0.2, 0) is 0 Å². The fourth-order valence-electron chi connectivity index (χ4n) is 3.70. The van der Waals surface area contributed by atoms with E-state index in [0.717, 1.165) is 33.6 Å². The number of benzene rings is 3. The first kappa shape index (κ1) is 18.1. The van der Waals surface area contributed by atoms with E-state index in [-0.39, 0.29) is 0 Å². The molecule has 0 bridgehead atoms. The first-order chi connectivity index (χ1) is 12.2. The van der Waals surface area contributed by atoms with Gasteiger partial charge in [0.25, 0.3) is 0 Å². The molecule has 4 N–H and O–H groups in total. The van der Waals surface area contributed by atoms with Crippen molar-refractivity contribution in [3.8, 4) is 22.3 Å². The van der Waals surface area contributed by atoms with Gasteiger partial charge in [-0.2, -0.15) is 0 Å². The zero-order valence-electron chi connectivity index (χ0n) is 16.6. The Labute approximate surface area is 156 Å². The highest BCUT2D eigenvalue weighted by atomic mass is 14.6. The SMILES string of the molecule is Cc1cc(-c2cc(C)c(N)c(C)c2)c(C)cc1-c1cc(C)c(N)c(C)c1. The van der Waals surface area contributed by atoms with Crippen LogP contribution in [0.4, 0.5) is 11.4 Å². The summed E-state index contributed by atoms with van der Waals surface area (Å²) >= 11 is 0. The molecule has 3 aromatic rings. The normalized spacial score (nSPS) is 11.0. The molecule has 134 valence electrons. The number of rotatable bonds is 2. The van der Waals surface area contributed by atoms with E-state index in [1.54, 1.807) is 0 Å². The van der Waals surface area contributed by atoms with Gasteiger partial charge in [0.05, 0.1) is 0 Å². The predicted octanol–water partition coefficient (Wildman–Crippen LogP) is 6.04. The Kier molecular flexibility index (Phi) is 4.53. The van der Waals surface area contributed by atoms with Crippen molar-refractivity contribution in [2.45, 2.75) is 41.5 Å². The van der Waals surface area contributed by atoms with E-state index in [1.807, 2.05) is 0 Å². The topological polar surface area (TPSA) is 52.0 Å². The lowest BCUT2D eigenvalue weighted by Crippen LogP contribution is -1.97. The molecule has 0 aliphatic carbocycles. The first-order valence-electron chi connectivity index (χ1n) is 9.04. The Morgan fingerprint density at radius 2 is 0.692 bits per heavy atom. The summed E-state index contributed by atoms with van der Waals surface area (Å²) in [6.45, 7) is 12.6. The molecule has 3 aromatic carbocycles. The van der Waals surface area contributed by atoms with E-state index in [2.05, 4.69) is 77.9 Å². The maximum atomic E-state index is 6.13. The highest BCUT2D eigenvalue weighted by Gasteiger charge is 2.12. The number of anilines is 2. The summed E-state index contributed by atoms with van der Waals surface area (Å²) in [6.07, 6.45) is 0. The molecule has 2 heteroatoms. The van der Waals surface area contributed by atoms with Crippen LogP contribution in [0.15, 0.2) is 36.4 Å². The van der Waals surface area contributed by atoms with Crippen LogP contribution >= 0.6 is 0 Å². The summed E-state index contributed by atoms with van der Waals surface area (Å²) in [7, 11) is 0. The molecule has 0 fully saturated rings. The minimum atomic E-state index is 0.882. The van der Waals surface area contributed by atoms with E-state index < -0.39 is 0 Å².